The molecule has 140 valence electrons. The Morgan fingerprint density at radius 3 is 2.92 bits per heavy atom. The van der Waals surface area contributed by atoms with Crippen molar-refractivity contribution in [3.05, 3.63) is 18.0 Å². The van der Waals surface area contributed by atoms with Crippen molar-refractivity contribution in [2.24, 2.45) is 0 Å². The summed E-state index contributed by atoms with van der Waals surface area (Å²) >= 11 is 0. The van der Waals surface area contributed by atoms with Gasteiger partial charge in [0.15, 0.2) is 0 Å². The van der Waals surface area contributed by atoms with E-state index >= 15 is 0 Å². The van der Waals surface area contributed by atoms with E-state index in [9.17, 15) is 4.79 Å². The quantitative estimate of drug-likeness (QED) is 0.794. The van der Waals surface area contributed by atoms with E-state index in [2.05, 4.69) is 10.2 Å². The van der Waals surface area contributed by atoms with E-state index in [-0.39, 0.29) is 23.7 Å². The van der Waals surface area contributed by atoms with Crippen LogP contribution in [-0.2, 0) is 14.2 Å². The second-order valence-electron chi connectivity index (χ2n) is 7.20. The van der Waals surface area contributed by atoms with E-state index in [0.717, 1.165) is 32.3 Å². The molecule has 1 unspecified atom stereocenters. The summed E-state index contributed by atoms with van der Waals surface area (Å²) in [7, 11) is 0. The van der Waals surface area contributed by atoms with Crippen molar-refractivity contribution >= 4 is 5.91 Å². The topological polar surface area (TPSA) is 76.7 Å². The molecule has 1 amide bonds. The fourth-order valence-corrected chi connectivity index (χ4v) is 3.63. The minimum absolute atomic E-state index is 0.0155. The van der Waals surface area contributed by atoms with Gasteiger partial charge in [0, 0.05) is 32.3 Å². The molecule has 1 N–H and O–H groups in total. The molecule has 3 rings (SSSR count). The van der Waals surface area contributed by atoms with Gasteiger partial charge < -0.3 is 19.1 Å². The van der Waals surface area contributed by atoms with E-state index < -0.39 is 0 Å². The molecule has 7 heteroatoms. The summed E-state index contributed by atoms with van der Waals surface area (Å²) in [5.74, 6) is 0.0155. The molecule has 0 radical (unpaired) electrons. The van der Waals surface area contributed by atoms with Gasteiger partial charge in [0.2, 0.25) is 0 Å². The molecule has 1 aromatic heterocycles. The highest BCUT2D eigenvalue weighted by Crippen LogP contribution is 2.36. The third-order valence-electron chi connectivity index (χ3n) is 5.03. The van der Waals surface area contributed by atoms with Crippen molar-refractivity contribution in [3.63, 3.8) is 0 Å². The van der Waals surface area contributed by atoms with Crippen molar-refractivity contribution in [1.82, 2.24) is 15.1 Å². The molecule has 7 nitrogen and oxygen atoms in total. The Balaban J connectivity index is 1.46. The zero-order valence-corrected chi connectivity index (χ0v) is 15.2. The molecule has 2 aliphatic heterocycles. The third-order valence-corrected chi connectivity index (χ3v) is 5.03. The van der Waals surface area contributed by atoms with Crippen LogP contribution in [0.15, 0.2) is 12.3 Å². The van der Waals surface area contributed by atoms with Crippen LogP contribution in [0.25, 0.3) is 0 Å². The van der Waals surface area contributed by atoms with Gasteiger partial charge >= 0.3 is 0 Å². The summed E-state index contributed by atoms with van der Waals surface area (Å²) in [4.78, 5) is 14.3. The number of H-pyrrole nitrogens is 1. The Morgan fingerprint density at radius 2 is 2.24 bits per heavy atom. The molecule has 2 aliphatic rings. The number of rotatable bonds is 6. The molecular weight excluding hydrogens is 322 g/mol. The number of nitrogens with one attached hydrogen (secondary N) is 1. The predicted octanol–water partition coefficient (Wildman–Crippen LogP) is 2.01. The number of amides is 1. The number of carbonyl (C=O) groups is 1. The average Bonchev–Trinajstić information content (AvgIpc) is 3.13. The maximum atomic E-state index is 12.4. The lowest BCUT2D eigenvalue weighted by Crippen LogP contribution is -2.52. The Kier molecular flexibility index (Phi) is 6.09. The molecule has 2 fully saturated rings. The summed E-state index contributed by atoms with van der Waals surface area (Å²) < 4.78 is 17.7. The molecule has 25 heavy (non-hydrogen) atoms. The number of aromatic amines is 1. The number of ether oxygens (including phenoxy) is 3. The van der Waals surface area contributed by atoms with Gasteiger partial charge in [-0.05, 0) is 39.2 Å². The van der Waals surface area contributed by atoms with E-state index in [4.69, 9.17) is 14.2 Å². The van der Waals surface area contributed by atoms with E-state index in [1.165, 1.54) is 0 Å². The largest absolute Gasteiger partial charge is 0.376 e. The molecular formula is C18H29N3O4. The summed E-state index contributed by atoms with van der Waals surface area (Å²) in [6, 6.07) is 1.72. The first-order chi connectivity index (χ1) is 12.1. The van der Waals surface area contributed by atoms with Gasteiger partial charge in [-0.25, -0.2) is 0 Å². The van der Waals surface area contributed by atoms with Gasteiger partial charge in [-0.3, -0.25) is 9.89 Å². The highest BCUT2D eigenvalue weighted by Gasteiger charge is 2.41. The molecule has 1 spiro atoms. The number of aromatic nitrogens is 2. The minimum Gasteiger partial charge on any atom is -0.376 e. The van der Waals surface area contributed by atoms with Crippen LogP contribution in [0.2, 0.25) is 0 Å². The third kappa shape index (κ3) is 4.80. The summed E-state index contributed by atoms with van der Waals surface area (Å²) in [5, 5.41) is 6.60. The average molecular weight is 351 g/mol. The molecule has 3 heterocycles. The molecule has 0 saturated carbocycles. The number of carbonyl (C=O) groups excluding carboxylic acids is 1. The molecule has 0 aliphatic carbocycles. The molecule has 0 aromatic carbocycles. The van der Waals surface area contributed by atoms with Crippen molar-refractivity contribution < 1.29 is 19.0 Å². The first-order valence-corrected chi connectivity index (χ1v) is 9.24. The van der Waals surface area contributed by atoms with Gasteiger partial charge in [0.25, 0.3) is 5.91 Å². The van der Waals surface area contributed by atoms with Crippen molar-refractivity contribution in [2.75, 3.05) is 32.9 Å². The monoisotopic (exact) mass is 351 g/mol. The standard InChI is InChI=1S/C18H29N3O4/c1-14(2)23-11-12-24-15-4-10-25-18(13-15)5-8-21(9-6-18)17(22)16-3-7-19-20-16/h3,7,14-15H,4-6,8-13H2,1-2H3,(H,19,20). The number of piperidine rings is 1. The number of hydrogen-bond acceptors (Lipinski definition) is 5. The molecule has 0 bridgehead atoms. The summed E-state index contributed by atoms with van der Waals surface area (Å²) in [6.07, 6.45) is 5.61. The lowest BCUT2D eigenvalue weighted by molar-refractivity contribution is -0.156. The van der Waals surface area contributed by atoms with Crippen LogP contribution in [0.1, 0.15) is 50.0 Å². The first kappa shape index (κ1) is 18.4. The maximum Gasteiger partial charge on any atom is 0.271 e. The molecule has 2 saturated heterocycles. The Bertz CT molecular complexity index is 539. The van der Waals surface area contributed by atoms with Crippen LogP contribution >= 0.6 is 0 Å². The van der Waals surface area contributed by atoms with Gasteiger partial charge in [0.1, 0.15) is 5.69 Å². The lowest BCUT2D eigenvalue weighted by atomic mass is 9.83. The lowest BCUT2D eigenvalue weighted by Gasteiger charge is -2.46. The van der Waals surface area contributed by atoms with Gasteiger partial charge in [0.05, 0.1) is 31.0 Å². The van der Waals surface area contributed by atoms with Crippen LogP contribution in [0.5, 0.6) is 0 Å². The first-order valence-electron chi connectivity index (χ1n) is 9.24. The second-order valence-corrected chi connectivity index (χ2v) is 7.20. The highest BCUT2D eigenvalue weighted by molar-refractivity contribution is 5.92. The van der Waals surface area contributed by atoms with Crippen LogP contribution in [0.3, 0.4) is 0 Å². The van der Waals surface area contributed by atoms with E-state index in [0.29, 0.717) is 32.0 Å². The fourth-order valence-electron chi connectivity index (χ4n) is 3.63. The van der Waals surface area contributed by atoms with E-state index in [1.807, 2.05) is 18.7 Å². The molecule has 1 atom stereocenters. The SMILES string of the molecule is CC(C)OCCOC1CCOC2(CCN(C(=O)c3ccn[nH]3)CC2)C1. The fraction of sp³-hybridized carbons (Fsp3) is 0.778. The Morgan fingerprint density at radius 1 is 1.44 bits per heavy atom. The van der Waals surface area contributed by atoms with Gasteiger partial charge in [-0.2, -0.15) is 5.10 Å². The Hall–Kier alpha value is -1.44. The summed E-state index contributed by atoms with van der Waals surface area (Å²) in [6.45, 7) is 7.47. The zero-order valence-electron chi connectivity index (χ0n) is 15.2. The van der Waals surface area contributed by atoms with Crippen LogP contribution in [0, 0.1) is 0 Å². The van der Waals surface area contributed by atoms with Crippen molar-refractivity contribution in [3.8, 4) is 0 Å². The Labute approximate surface area is 149 Å². The number of likely N-dealkylation sites (tertiary alicyclic amines) is 1. The minimum atomic E-state index is -0.146. The molecule has 1 aromatic rings. The smallest absolute Gasteiger partial charge is 0.271 e. The summed E-state index contributed by atoms with van der Waals surface area (Å²) in [5.41, 5.74) is 0.402. The zero-order chi connectivity index (χ0) is 17.7. The van der Waals surface area contributed by atoms with Gasteiger partial charge in [-0.1, -0.05) is 0 Å². The van der Waals surface area contributed by atoms with Crippen LogP contribution in [0.4, 0.5) is 0 Å². The van der Waals surface area contributed by atoms with Crippen molar-refractivity contribution in [2.45, 2.75) is 57.3 Å². The second kappa shape index (κ2) is 8.29. The number of nitrogens with zero attached hydrogens (tertiary/aromatic N) is 2. The van der Waals surface area contributed by atoms with Gasteiger partial charge in [-0.15, -0.1) is 0 Å². The predicted molar refractivity (Wildman–Crippen MR) is 92.5 cm³/mol. The highest BCUT2D eigenvalue weighted by atomic mass is 16.5. The maximum absolute atomic E-state index is 12.4. The van der Waals surface area contributed by atoms with Crippen LogP contribution in [-0.4, -0.2) is 71.7 Å². The van der Waals surface area contributed by atoms with E-state index in [1.54, 1.807) is 12.3 Å². The van der Waals surface area contributed by atoms with Crippen molar-refractivity contribution in [1.29, 1.82) is 0 Å². The number of hydrogen-bond donors (Lipinski definition) is 1. The van der Waals surface area contributed by atoms with Crippen LogP contribution < -0.4 is 0 Å². The normalized spacial score (nSPS) is 23.3.